The number of benzene rings is 1. The zero-order valence-electron chi connectivity index (χ0n) is 13.2. The van der Waals surface area contributed by atoms with Crippen molar-refractivity contribution in [1.29, 1.82) is 0 Å². The molecule has 1 aromatic carbocycles. The van der Waals surface area contributed by atoms with E-state index in [0.29, 0.717) is 6.04 Å². The third kappa shape index (κ3) is 4.14. The summed E-state index contributed by atoms with van der Waals surface area (Å²) in [5, 5.41) is 3.49. The van der Waals surface area contributed by atoms with Crippen LogP contribution in [0.4, 0.5) is 11.4 Å². The van der Waals surface area contributed by atoms with Gasteiger partial charge < -0.3 is 15.1 Å². The maximum Gasteiger partial charge on any atom is 0.0604 e. The predicted octanol–water partition coefficient (Wildman–Crippen LogP) is 3.11. The van der Waals surface area contributed by atoms with Gasteiger partial charge in [-0.3, -0.25) is 0 Å². The van der Waals surface area contributed by atoms with Gasteiger partial charge in [0.1, 0.15) is 0 Å². The summed E-state index contributed by atoms with van der Waals surface area (Å²) >= 11 is 0. The first kappa shape index (κ1) is 15.2. The summed E-state index contributed by atoms with van der Waals surface area (Å²) in [5.41, 5.74) is 2.78. The molecule has 112 valence electrons. The quantitative estimate of drug-likeness (QED) is 0.771. The molecule has 1 aliphatic heterocycles. The summed E-state index contributed by atoms with van der Waals surface area (Å²) in [6, 6.07) is 9.38. The minimum Gasteiger partial charge on any atom is -0.371 e. The van der Waals surface area contributed by atoms with Gasteiger partial charge in [0, 0.05) is 32.7 Å². The highest BCUT2D eigenvalue weighted by molar-refractivity contribution is 5.72. The summed E-state index contributed by atoms with van der Waals surface area (Å²) in [5.74, 6) is 0. The van der Waals surface area contributed by atoms with Crippen molar-refractivity contribution in [3.05, 3.63) is 24.3 Å². The lowest BCUT2D eigenvalue weighted by Gasteiger charge is -2.37. The molecule has 0 saturated heterocycles. The van der Waals surface area contributed by atoms with Crippen LogP contribution in [-0.2, 0) is 0 Å². The molecule has 1 aromatic rings. The van der Waals surface area contributed by atoms with Crippen LogP contribution in [0.3, 0.4) is 0 Å². The lowest BCUT2D eigenvalue weighted by Crippen LogP contribution is -2.39. The zero-order chi connectivity index (χ0) is 14.4. The van der Waals surface area contributed by atoms with E-state index in [1.54, 1.807) is 0 Å². The van der Waals surface area contributed by atoms with Crippen molar-refractivity contribution in [1.82, 2.24) is 5.32 Å². The molecule has 0 atom stereocenters. The third-order valence-electron chi connectivity index (χ3n) is 4.00. The molecule has 0 spiro atoms. The number of para-hydroxylation sites is 2. The molecule has 3 heteroatoms. The topological polar surface area (TPSA) is 18.5 Å². The Balaban J connectivity index is 1.76. The zero-order valence-corrected chi connectivity index (χ0v) is 13.2. The van der Waals surface area contributed by atoms with Crippen molar-refractivity contribution in [3.8, 4) is 0 Å². The van der Waals surface area contributed by atoms with Crippen molar-refractivity contribution in [2.75, 3.05) is 43.0 Å². The Kier molecular flexibility index (Phi) is 5.72. The molecule has 0 aliphatic carbocycles. The third-order valence-corrected chi connectivity index (χ3v) is 4.00. The number of nitrogens with one attached hydrogen (secondary N) is 1. The second-order valence-corrected chi connectivity index (χ2v) is 6.07. The van der Waals surface area contributed by atoms with Gasteiger partial charge in [0.2, 0.25) is 0 Å². The Bertz CT molecular complexity index is 403. The largest absolute Gasteiger partial charge is 0.371 e. The van der Waals surface area contributed by atoms with E-state index in [2.05, 4.69) is 60.3 Å². The van der Waals surface area contributed by atoms with Crippen molar-refractivity contribution in [2.24, 2.45) is 0 Å². The van der Waals surface area contributed by atoms with Crippen LogP contribution in [0.2, 0.25) is 0 Å². The Morgan fingerprint density at radius 3 is 2.55 bits per heavy atom. The van der Waals surface area contributed by atoms with Crippen LogP contribution < -0.4 is 15.1 Å². The van der Waals surface area contributed by atoms with Crippen LogP contribution in [-0.4, -0.2) is 39.3 Å². The number of hydrogen-bond donors (Lipinski definition) is 1. The molecule has 0 fully saturated rings. The molecule has 0 radical (unpaired) electrons. The summed E-state index contributed by atoms with van der Waals surface area (Å²) in [6.07, 6.45) is 3.89. The van der Waals surface area contributed by atoms with Crippen molar-refractivity contribution in [3.63, 3.8) is 0 Å². The monoisotopic (exact) mass is 275 g/mol. The first-order chi connectivity index (χ1) is 9.68. The number of unbranched alkanes of at least 4 members (excludes halogenated alkanes) is 2. The number of fused-ring (bicyclic) bond motifs is 1. The Labute approximate surface area is 124 Å². The molecule has 20 heavy (non-hydrogen) atoms. The number of anilines is 2. The standard InChI is InChI=1S/C17H29N3/c1-15(2)18-11-7-4-8-12-20-14-13-19(3)16-9-5-6-10-17(16)20/h5-6,9-10,15,18H,4,7-8,11-14H2,1-3H3. The molecule has 3 nitrogen and oxygen atoms in total. The maximum atomic E-state index is 3.49. The molecule has 1 N–H and O–H groups in total. The summed E-state index contributed by atoms with van der Waals surface area (Å²) in [4.78, 5) is 4.91. The smallest absolute Gasteiger partial charge is 0.0604 e. The molecule has 1 aliphatic rings. The van der Waals surface area contributed by atoms with Gasteiger partial charge in [0.15, 0.2) is 0 Å². The number of hydrogen-bond acceptors (Lipinski definition) is 3. The van der Waals surface area contributed by atoms with E-state index in [0.717, 1.165) is 19.6 Å². The van der Waals surface area contributed by atoms with Crippen LogP contribution in [0.1, 0.15) is 33.1 Å². The van der Waals surface area contributed by atoms with Gasteiger partial charge in [0.25, 0.3) is 0 Å². The average Bonchev–Trinajstić information content (AvgIpc) is 2.45. The first-order valence-corrected chi connectivity index (χ1v) is 7.97. The highest BCUT2D eigenvalue weighted by atomic mass is 15.2. The van der Waals surface area contributed by atoms with Crippen LogP contribution in [0, 0.1) is 0 Å². The van der Waals surface area contributed by atoms with Crippen molar-refractivity contribution in [2.45, 2.75) is 39.2 Å². The normalized spacial score (nSPS) is 14.8. The van der Waals surface area contributed by atoms with Crippen molar-refractivity contribution < 1.29 is 0 Å². The molecule has 1 heterocycles. The van der Waals surface area contributed by atoms with Gasteiger partial charge in [-0.1, -0.05) is 32.4 Å². The fourth-order valence-electron chi connectivity index (χ4n) is 2.79. The molecular weight excluding hydrogens is 246 g/mol. The number of nitrogens with zero attached hydrogens (tertiary/aromatic N) is 2. The van der Waals surface area contributed by atoms with Gasteiger partial charge in [-0.05, 0) is 31.5 Å². The fourth-order valence-corrected chi connectivity index (χ4v) is 2.79. The maximum absolute atomic E-state index is 3.49. The Morgan fingerprint density at radius 1 is 1.05 bits per heavy atom. The van der Waals surface area contributed by atoms with Gasteiger partial charge in [0.05, 0.1) is 11.4 Å². The minimum atomic E-state index is 0.611. The fraction of sp³-hybridized carbons (Fsp3) is 0.647. The van der Waals surface area contributed by atoms with E-state index < -0.39 is 0 Å². The number of rotatable bonds is 7. The highest BCUT2D eigenvalue weighted by Crippen LogP contribution is 2.31. The van der Waals surface area contributed by atoms with Crippen LogP contribution in [0.15, 0.2) is 24.3 Å². The van der Waals surface area contributed by atoms with Gasteiger partial charge in [-0.15, -0.1) is 0 Å². The molecule has 0 saturated carbocycles. The van der Waals surface area contributed by atoms with Crippen LogP contribution in [0.25, 0.3) is 0 Å². The van der Waals surface area contributed by atoms with E-state index in [9.17, 15) is 0 Å². The average molecular weight is 275 g/mol. The molecule has 0 aromatic heterocycles. The lowest BCUT2D eigenvalue weighted by atomic mass is 10.1. The lowest BCUT2D eigenvalue weighted by molar-refractivity contribution is 0.545. The SMILES string of the molecule is CC(C)NCCCCCN1CCN(C)c2ccccc21. The second kappa shape index (κ2) is 7.53. The minimum absolute atomic E-state index is 0.611. The molecule has 0 amide bonds. The van der Waals surface area contributed by atoms with E-state index in [1.165, 1.54) is 37.2 Å². The van der Waals surface area contributed by atoms with Crippen LogP contribution in [0.5, 0.6) is 0 Å². The highest BCUT2D eigenvalue weighted by Gasteiger charge is 2.18. The summed E-state index contributed by atoms with van der Waals surface area (Å²) in [7, 11) is 2.19. The first-order valence-electron chi connectivity index (χ1n) is 7.97. The second-order valence-electron chi connectivity index (χ2n) is 6.07. The molecule has 0 unspecified atom stereocenters. The van der Waals surface area contributed by atoms with E-state index >= 15 is 0 Å². The van der Waals surface area contributed by atoms with Gasteiger partial charge >= 0.3 is 0 Å². The van der Waals surface area contributed by atoms with E-state index in [1.807, 2.05) is 0 Å². The van der Waals surface area contributed by atoms with Gasteiger partial charge in [-0.25, -0.2) is 0 Å². The molecule has 0 bridgehead atoms. The van der Waals surface area contributed by atoms with Gasteiger partial charge in [-0.2, -0.15) is 0 Å². The van der Waals surface area contributed by atoms with Crippen molar-refractivity contribution >= 4 is 11.4 Å². The molecule has 2 rings (SSSR count). The predicted molar refractivity (Wildman–Crippen MR) is 88.9 cm³/mol. The Morgan fingerprint density at radius 2 is 1.80 bits per heavy atom. The summed E-state index contributed by atoms with van der Waals surface area (Å²) in [6.45, 7) is 9.04. The Hall–Kier alpha value is -1.22. The number of likely N-dealkylation sites (N-methyl/N-ethyl adjacent to an activating group) is 1. The molecular formula is C17H29N3. The summed E-state index contributed by atoms with van der Waals surface area (Å²) < 4.78 is 0. The van der Waals surface area contributed by atoms with Crippen LogP contribution >= 0.6 is 0 Å². The van der Waals surface area contributed by atoms with E-state index in [-0.39, 0.29) is 0 Å². The van der Waals surface area contributed by atoms with E-state index in [4.69, 9.17) is 0 Å².